The second-order valence-corrected chi connectivity index (χ2v) is 4.80. The average Bonchev–Trinajstić information content (AvgIpc) is 2.21. The average molecular weight is 272 g/mol. The van der Waals surface area contributed by atoms with Crippen molar-refractivity contribution < 1.29 is 0 Å². The molecule has 0 saturated carbocycles. The van der Waals surface area contributed by atoms with Gasteiger partial charge in [-0.2, -0.15) is 0 Å². The van der Waals surface area contributed by atoms with E-state index in [1.807, 2.05) is 18.3 Å². The van der Waals surface area contributed by atoms with Gasteiger partial charge in [0.1, 0.15) is 4.60 Å². The SMILES string of the molecule is CC(C)C(CN)CNc1ccc(Br)nc1. The fourth-order valence-electron chi connectivity index (χ4n) is 1.32. The molecule has 0 saturated heterocycles. The van der Waals surface area contributed by atoms with Gasteiger partial charge in [-0.1, -0.05) is 13.8 Å². The van der Waals surface area contributed by atoms with Crippen LogP contribution in [0, 0.1) is 11.8 Å². The van der Waals surface area contributed by atoms with Crippen LogP contribution in [0.1, 0.15) is 13.8 Å². The molecule has 4 heteroatoms. The van der Waals surface area contributed by atoms with Gasteiger partial charge in [-0.05, 0) is 46.4 Å². The molecule has 3 nitrogen and oxygen atoms in total. The number of halogens is 1. The first-order valence-corrected chi connectivity index (χ1v) is 5.98. The predicted octanol–water partition coefficient (Wildman–Crippen LogP) is 2.49. The molecule has 0 bridgehead atoms. The van der Waals surface area contributed by atoms with Gasteiger partial charge < -0.3 is 11.1 Å². The van der Waals surface area contributed by atoms with Crippen LogP contribution in [0.15, 0.2) is 22.9 Å². The molecule has 1 aromatic rings. The van der Waals surface area contributed by atoms with Crippen LogP contribution in [0.3, 0.4) is 0 Å². The van der Waals surface area contributed by atoms with Gasteiger partial charge in [-0.3, -0.25) is 0 Å². The third-order valence-electron chi connectivity index (χ3n) is 2.54. The summed E-state index contributed by atoms with van der Waals surface area (Å²) in [6, 6.07) is 3.93. The van der Waals surface area contributed by atoms with Crippen LogP contribution in [0.25, 0.3) is 0 Å². The van der Waals surface area contributed by atoms with Gasteiger partial charge in [0.25, 0.3) is 0 Å². The number of nitrogens with one attached hydrogen (secondary N) is 1. The number of pyridine rings is 1. The van der Waals surface area contributed by atoms with E-state index < -0.39 is 0 Å². The summed E-state index contributed by atoms with van der Waals surface area (Å²) < 4.78 is 0.854. The minimum absolute atomic E-state index is 0.508. The minimum Gasteiger partial charge on any atom is -0.383 e. The van der Waals surface area contributed by atoms with Crippen molar-refractivity contribution in [2.24, 2.45) is 17.6 Å². The molecule has 0 aliphatic heterocycles. The third-order valence-corrected chi connectivity index (χ3v) is 3.01. The standard InChI is InChI=1S/C11H18BrN3/c1-8(2)9(5-13)6-14-10-3-4-11(12)15-7-10/h3-4,7-9,14H,5-6,13H2,1-2H3. The fraction of sp³-hybridized carbons (Fsp3) is 0.545. The van der Waals surface area contributed by atoms with Gasteiger partial charge in [0.05, 0.1) is 11.9 Å². The normalized spacial score (nSPS) is 12.9. The first-order valence-electron chi connectivity index (χ1n) is 5.19. The molecule has 0 aliphatic carbocycles. The predicted molar refractivity (Wildman–Crippen MR) is 67.8 cm³/mol. The summed E-state index contributed by atoms with van der Waals surface area (Å²) in [6.07, 6.45) is 1.82. The highest BCUT2D eigenvalue weighted by atomic mass is 79.9. The quantitative estimate of drug-likeness (QED) is 0.810. The zero-order valence-electron chi connectivity index (χ0n) is 9.20. The Hall–Kier alpha value is -0.610. The number of nitrogens with zero attached hydrogens (tertiary/aromatic N) is 1. The smallest absolute Gasteiger partial charge is 0.106 e. The van der Waals surface area contributed by atoms with Gasteiger partial charge in [-0.15, -0.1) is 0 Å². The summed E-state index contributed by atoms with van der Waals surface area (Å²) in [5.74, 6) is 1.11. The lowest BCUT2D eigenvalue weighted by Gasteiger charge is -2.19. The summed E-state index contributed by atoms with van der Waals surface area (Å²) >= 11 is 3.30. The maximum Gasteiger partial charge on any atom is 0.106 e. The Kier molecular flexibility index (Phi) is 5.05. The summed E-state index contributed by atoms with van der Waals surface area (Å²) in [4.78, 5) is 4.15. The van der Waals surface area contributed by atoms with Gasteiger partial charge in [0.15, 0.2) is 0 Å². The molecule has 0 fully saturated rings. The van der Waals surface area contributed by atoms with E-state index in [4.69, 9.17) is 5.73 Å². The molecule has 1 heterocycles. The van der Waals surface area contributed by atoms with E-state index in [1.54, 1.807) is 0 Å². The van der Waals surface area contributed by atoms with Gasteiger partial charge in [0.2, 0.25) is 0 Å². The van der Waals surface area contributed by atoms with E-state index >= 15 is 0 Å². The molecule has 1 rings (SSSR count). The van der Waals surface area contributed by atoms with E-state index in [2.05, 4.69) is 40.1 Å². The monoisotopic (exact) mass is 271 g/mol. The molecule has 3 N–H and O–H groups in total. The zero-order valence-corrected chi connectivity index (χ0v) is 10.8. The lowest BCUT2D eigenvalue weighted by Crippen LogP contribution is -2.27. The highest BCUT2D eigenvalue weighted by Gasteiger charge is 2.10. The minimum atomic E-state index is 0.508. The first kappa shape index (κ1) is 12.5. The maximum absolute atomic E-state index is 5.70. The molecule has 1 unspecified atom stereocenters. The Labute approximate surface area is 99.6 Å². The van der Waals surface area contributed by atoms with E-state index in [1.165, 1.54) is 0 Å². The number of aromatic nitrogens is 1. The number of hydrogen-bond donors (Lipinski definition) is 2. The fourth-order valence-corrected chi connectivity index (χ4v) is 1.56. The molecule has 0 aromatic carbocycles. The van der Waals surface area contributed by atoms with Crippen LogP contribution >= 0.6 is 15.9 Å². The Balaban J connectivity index is 2.45. The van der Waals surface area contributed by atoms with Crippen LogP contribution in [-0.2, 0) is 0 Å². The molecule has 84 valence electrons. The van der Waals surface area contributed by atoms with Crippen molar-refractivity contribution in [3.05, 3.63) is 22.9 Å². The van der Waals surface area contributed by atoms with Gasteiger partial charge >= 0.3 is 0 Å². The van der Waals surface area contributed by atoms with Crippen molar-refractivity contribution in [2.45, 2.75) is 13.8 Å². The van der Waals surface area contributed by atoms with E-state index in [-0.39, 0.29) is 0 Å². The Morgan fingerprint density at radius 2 is 2.20 bits per heavy atom. The Morgan fingerprint density at radius 3 is 2.67 bits per heavy atom. The highest BCUT2D eigenvalue weighted by molar-refractivity contribution is 9.10. The van der Waals surface area contributed by atoms with E-state index in [0.29, 0.717) is 18.4 Å². The molecule has 0 spiro atoms. The number of nitrogens with two attached hydrogens (primary N) is 1. The Morgan fingerprint density at radius 1 is 1.47 bits per heavy atom. The van der Waals surface area contributed by atoms with Crippen LogP contribution < -0.4 is 11.1 Å². The highest BCUT2D eigenvalue weighted by Crippen LogP contribution is 2.13. The van der Waals surface area contributed by atoms with E-state index in [9.17, 15) is 0 Å². The number of hydrogen-bond acceptors (Lipinski definition) is 3. The van der Waals surface area contributed by atoms with Crippen LogP contribution in [0.4, 0.5) is 5.69 Å². The largest absolute Gasteiger partial charge is 0.383 e. The van der Waals surface area contributed by atoms with Crippen LogP contribution in [0.2, 0.25) is 0 Å². The maximum atomic E-state index is 5.70. The first-order chi connectivity index (χ1) is 7.13. The zero-order chi connectivity index (χ0) is 11.3. The molecule has 1 aromatic heterocycles. The lowest BCUT2D eigenvalue weighted by atomic mass is 9.96. The van der Waals surface area contributed by atoms with Crippen molar-refractivity contribution in [1.29, 1.82) is 0 Å². The second-order valence-electron chi connectivity index (χ2n) is 3.99. The number of anilines is 1. The van der Waals surface area contributed by atoms with Crippen LogP contribution in [-0.4, -0.2) is 18.1 Å². The molecular formula is C11H18BrN3. The molecule has 0 amide bonds. The molecular weight excluding hydrogens is 254 g/mol. The Bertz CT molecular complexity index is 284. The molecule has 1 atom stereocenters. The summed E-state index contributed by atoms with van der Waals surface area (Å²) in [6.45, 7) is 6.00. The summed E-state index contributed by atoms with van der Waals surface area (Å²) in [5, 5.41) is 3.34. The summed E-state index contributed by atoms with van der Waals surface area (Å²) in [5.41, 5.74) is 6.74. The van der Waals surface area contributed by atoms with Crippen LogP contribution in [0.5, 0.6) is 0 Å². The third kappa shape index (κ3) is 4.18. The lowest BCUT2D eigenvalue weighted by molar-refractivity contribution is 0.413. The van der Waals surface area contributed by atoms with Crippen molar-refractivity contribution in [3.8, 4) is 0 Å². The second kappa shape index (κ2) is 6.08. The topological polar surface area (TPSA) is 50.9 Å². The molecule has 15 heavy (non-hydrogen) atoms. The van der Waals surface area contributed by atoms with Crippen molar-refractivity contribution >= 4 is 21.6 Å². The molecule has 0 aliphatic rings. The van der Waals surface area contributed by atoms with Gasteiger partial charge in [-0.25, -0.2) is 4.98 Å². The summed E-state index contributed by atoms with van der Waals surface area (Å²) in [7, 11) is 0. The van der Waals surface area contributed by atoms with Crippen molar-refractivity contribution in [3.63, 3.8) is 0 Å². The van der Waals surface area contributed by atoms with Crippen molar-refractivity contribution in [1.82, 2.24) is 4.98 Å². The van der Waals surface area contributed by atoms with Gasteiger partial charge in [0, 0.05) is 6.54 Å². The van der Waals surface area contributed by atoms with Crippen molar-refractivity contribution in [2.75, 3.05) is 18.4 Å². The number of rotatable bonds is 5. The molecule has 0 radical (unpaired) electrons. The van der Waals surface area contributed by atoms with E-state index in [0.717, 1.165) is 16.8 Å².